The van der Waals surface area contributed by atoms with Crippen molar-refractivity contribution in [1.82, 2.24) is 10.2 Å². The Hall–Kier alpha value is -1.40. The third-order valence-corrected chi connectivity index (χ3v) is 4.69. The third-order valence-electron chi connectivity index (χ3n) is 3.26. The molecular formula is C15H18N2O2S2. The first-order valence-corrected chi connectivity index (χ1v) is 8.25. The fourth-order valence-corrected chi connectivity index (χ4v) is 3.13. The van der Waals surface area contributed by atoms with E-state index in [1.807, 2.05) is 31.2 Å². The molecule has 1 aliphatic rings. The topological polar surface area (TPSA) is 49.4 Å². The second kappa shape index (κ2) is 7.56. The summed E-state index contributed by atoms with van der Waals surface area (Å²) < 4.78 is 0.605. The lowest BCUT2D eigenvalue weighted by molar-refractivity contribution is -0.125. The van der Waals surface area contributed by atoms with Crippen molar-refractivity contribution in [2.45, 2.75) is 19.8 Å². The molecule has 6 heteroatoms. The lowest BCUT2D eigenvalue weighted by Gasteiger charge is -2.15. The minimum absolute atomic E-state index is 0.000734. The number of carbonyl (C=O) groups excluding carboxylic acids is 2. The number of rotatable bonds is 6. The first-order valence-electron chi connectivity index (χ1n) is 6.85. The van der Waals surface area contributed by atoms with E-state index in [1.165, 1.54) is 17.3 Å². The number of nitrogens with zero attached hydrogens (tertiary/aromatic N) is 1. The third kappa shape index (κ3) is 4.82. The van der Waals surface area contributed by atoms with Gasteiger partial charge in [0.25, 0.3) is 0 Å². The van der Waals surface area contributed by atoms with Gasteiger partial charge in [-0.05, 0) is 18.9 Å². The minimum Gasteiger partial charge on any atom is -0.354 e. The predicted octanol–water partition coefficient (Wildman–Crippen LogP) is 1.90. The summed E-state index contributed by atoms with van der Waals surface area (Å²) in [6.07, 6.45) is 1.18. The van der Waals surface area contributed by atoms with Crippen LogP contribution in [0.2, 0.25) is 0 Å². The number of hydrogen-bond acceptors (Lipinski definition) is 4. The number of amides is 2. The first-order chi connectivity index (χ1) is 10.1. The summed E-state index contributed by atoms with van der Waals surface area (Å²) in [6, 6.07) is 8.18. The number of carbonyl (C=O) groups is 2. The molecule has 1 aliphatic heterocycles. The van der Waals surface area contributed by atoms with Crippen LogP contribution < -0.4 is 5.32 Å². The molecule has 1 fully saturated rings. The molecule has 0 aliphatic carbocycles. The maximum atomic E-state index is 11.8. The molecule has 1 aromatic carbocycles. The van der Waals surface area contributed by atoms with Crippen LogP contribution in [0.25, 0.3) is 0 Å². The van der Waals surface area contributed by atoms with E-state index in [9.17, 15) is 9.59 Å². The summed E-state index contributed by atoms with van der Waals surface area (Å²) in [6.45, 7) is 2.94. The van der Waals surface area contributed by atoms with Crippen LogP contribution in [-0.4, -0.2) is 39.9 Å². The monoisotopic (exact) mass is 322 g/mol. The molecule has 1 aromatic rings. The second-order valence-corrected chi connectivity index (χ2v) is 6.54. The summed E-state index contributed by atoms with van der Waals surface area (Å²) in [4.78, 5) is 24.8. The Balaban J connectivity index is 1.67. The average Bonchev–Trinajstić information content (AvgIpc) is 2.78. The van der Waals surface area contributed by atoms with Gasteiger partial charge < -0.3 is 5.32 Å². The zero-order valence-corrected chi connectivity index (χ0v) is 13.6. The van der Waals surface area contributed by atoms with Crippen LogP contribution in [0, 0.1) is 6.92 Å². The van der Waals surface area contributed by atoms with Gasteiger partial charge in [0.05, 0.1) is 5.75 Å². The molecule has 2 amide bonds. The number of benzene rings is 1. The van der Waals surface area contributed by atoms with E-state index in [1.54, 1.807) is 4.90 Å². The molecule has 112 valence electrons. The van der Waals surface area contributed by atoms with Gasteiger partial charge in [0, 0.05) is 19.5 Å². The van der Waals surface area contributed by atoms with Gasteiger partial charge in [-0.2, -0.15) is 0 Å². The van der Waals surface area contributed by atoms with Gasteiger partial charge in [-0.25, -0.2) is 0 Å². The summed E-state index contributed by atoms with van der Waals surface area (Å²) in [7, 11) is 0. The average molecular weight is 322 g/mol. The molecule has 1 saturated heterocycles. The quantitative estimate of drug-likeness (QED) is 0.813. The lowest BCUT2D eigenvalue weighted by atomic mass is 10.1. The van der Waals surface area contributed by atoms with Crippen molar-refractivity contribution in [3.05, 3.63) is 35.4 Å². The molecule has 1 N–H and O–H groups in total. The molecule has 0 bridgehead atoms. The molecule has 0 spiro atoms. The maximum Gasteiger partial charge on any atom is 0.238 e. The SMILES string of the molecule is Cc1ccc(CCC(=O)NCCN2C(=O)CSC2=S)cc1. The highest BCUT2D eigenvalue weighted by molar-refractivity contribution is 8.23. The highest BCUT2D eigenvalue weighted by atomic mass is 32.2. The van der Waals surface area contributed by atoms with Crippen LogP contribution in [0.5, 0.6) is 0 Å². The maximum absolute atomic E-state index is 11.8. The Kier molecular flexibility index (Phi) is 5.76. The smallest absolute Gasteiger partial charge is 0.238 e. The fourth-order valence-electron chi connectivity index (χ4n) is 2.01. The van der Waals surface area contributed by atoms with Crippen molar-refractivity contribution in [3.8, 4) is 0 Å². The largest absolute Gasteiger partial charge is 0.354 e. The standard InChI is InChI=1S/C15H18N2O2S2/c1-11-2-4-12(5-3-11)6-7-13(18)16-8-9-17-14(19)10-21-15(17)20/h2-5H,6-10H2,1H3,(H,16,18). The Morgan fingerprint density at radius 3 is 2.71 bits per heavy atom. The summed E-state index contributed by atoms with van der Waals surface area (Å²) in [5.74, 6) is 0.444. The van der Waals surface area contributed by atoms with E-state index in [4.69, 9.17) is 12.2 Å². The van der Waals surface area contributed by atoms with E-state index in [0.717, 1.165) is 12.0 Å². The number of aryl methyl sites for hydroxylation is 2. The Morgan fingerprint density at radius 1 is 1.38 bits per heavy atom. The highest BCUT2D eigenvalue weighted by Crippen LogP contribution is 2.18. The minimum atomic E-state index is 0.000734. The van der Waals surface area contributed by atoms with Crippen LogP contribution >= 0.6 is 24.0 Å². The second-order valence-electron chi connectivity index (χ2n) is 4.94. The van der Waals surface area contributed by atoms with Gasteiger partial charge in [-0.3, -0.25) is 14.5 Å². The molecule has 4 nitrogen and oxygen atoms in total. The number of thioether (sulfide) groups is 1. The van der Waals surface area contributed by atoms with Gasteiger partial charge in [0.1, 0.15) is 4.32 Å². The van der Waals surface area contributed by atoms with E-state index in [0.29, 0.717) is 29.6 Å². The molecule has 0 aromatic heterocycles. The van der Waals surface area contributed by atoms with Crippen molar-refractivity contribution in [1.29, 1.82) is 0 Å². The fraction of sp³-hybridized carbons (Fsp3) is 0.400. The van der Waals surface area contributed by atoms with Gasteiger partial charge >= 0.3 is 0 Å². The van der Waals surface area contributed by atoms with Crippen molar-refractivity contribution in [2.75, 3.05) is 18.8 Å². The first kappa shape index (κ1) is 16.0. The zero-order valence-electron chi connectivity index (χ0n) is 11.9. The van der Waals surface area contributed by atoms with Crippen molar-refractivity contribution >= 4 is 40.1 Å². The van der Waals surface area contributed by atoms with Crippen molar-refractivity contribution in [3.63, 3.8) is 0 Å². The molecule has 21 heavy (non-hydrogen) atoms. The zero-order chi connectivity index (χ0) is 15.2. The van der Waals surface area contributed by atoms with Crippen LogP contribution in [0.3, 0.4) is 0 Å². The molecule has 0 saturated carbocycles. The molecule has 2 rings (SSSR count). The Morgan fingerprint density at radius 2 is 2.10 bits per heavy atom. The van der Waals surface area contributed by atoms with Crippen LogP contribution in [-0.2, 0) is 16.0 Å². The van der Waals surface area contributed by atoms with Gasteiger partial charge in [0.2, 0.25) is 11.8 Å². The molecule has 1 heterocycles. The molecule has 0 unspecified atom stereocenters. The molecule has 0 radical (unpaired) electrons. The number of hydrogen-bond donors (Lipinski definition) is 1. The Labute approximate surface area is 134 Å². The molecular weight excluding hydrogens is 304 g/mol. The molecule has 0 atom stereocenters. The van der Waals surface area contributed by atoms with Gasteiger partial charge in [-0.1, -0.05) is 53.8 Å². The normalized spacial score (nSPS) is 14.6. The summed E-state index contributed by atoms with van der Waals surface area (Å²) in [5.41, 5.74) is 2.37. The van der Waals surface area contributed by atoms with Crippen LogP contribution in [0.15, 0.2) is 24.3 Å². The van der Waals surface area contributed by atoms with Crippen LogP contribution in [0.4, 0.5) is 0 Å². The summed E-state index contributed by atoms with van der Waals surface area (Å²) in [5, 5.41) is 2.83. The van der Waals surface area contributed by atoms with Crippen molar-refractivity contribution < 1.29 is 9.59 Å². The van der Waals surface area contributed by atoms with Crippen LogP contribution in [0.1, 0.15) is 17.5 Å². The predicted molar refractivity (Wildman–Crippen MR) is 89.3 cm³/mol. The lowest BCUT2D eigenvalue weighted by Crippen LogP contribution is -2.37. The number of nitrogens with one attached hydrogen (secondary N) is 1. The Bertz CT molecular complexity index is 527. The van der Waals surface area contributed by atoms with Gasteiger partial charge in [-0.15, -0.1) is 0 Å². The van der Waals surface area contributed by atoms with E-state index < -0.39 is 0 Å². The van der Waals surface area contributed by atoms with E-state index in [-0.39, 0.29) is 11.8 Å². The summed E-state index contributed by atoms with van der Waals surface area (Å²) >= 11 is 6.45. The van der Waals surface area contributed by atoms with E-state index >= 15 is 0 Å². The van der Waals surface area contributed by atoms with E-state index in [2.05, 4.69) is 5.32 Å². The van der Waals surface area contributed by atoms with Gasteiger partial charge in [0.15, 0.2) is 0 Å². The number of thiocarbonyl (C=S) groups is 1. The van der Waals surface area contributed by atoms with Crippen molar-refractivity contribution in [2.24, 2.45) is 0 Å². The highest BCUT2D eigenvalue weighted by Gasteiger charge is 2.25.